The van der Waals surface area contributed by atoms with E-state index in [1.54, 1.807) is 0 Å². The van der Waals surface area contributed by atoms with Crippen molar-refractivity contribution in [2.45, 2.75) is 6.92 Å². The Labute approximate surface area is 177 Å². The first kappa shape index (κ1) is 20.3. The van der Waals surface area contributed by atoms with Crippen LogP contribution in [0.4, 0.5) is 5.69 Å². The number of para-hydroxylation sites is 1. The van der Waals surface area contributed by atoms with E-state index in [1.807, 2.05) is 84.6 Å². The van der Waals surface area contributed by atoms with E-state index < -0.39 is 0 Å². The van der Waals surface area contributed by atoms with Gasteiger partial charge in [0.25, 0.3) is 5.91 Å². The van der Waals surface area contributed by atoms with Crippen molar-refractivity contribution in [2.75, 3.05) is 44.3 Å². The molecular weight excluding hydrogens is 374 g/mol. The van der Waals surface area contributed by atoms with Crippen LogP contribution in [0, 0.1) is 6.92 Å². The van der Waals surface area contributed by atoms with E-state index >= 15 is 0 Å². The first-order valence-electron chi connectivity index (χ1n) is 10.4. The molecule has 5 heteroatoms. The Balaban J connectivity index is 1.57. The molecule has 1 aliphatic heterocycles. The lowest BCUT2D eigenvalue weighted by Gasteiger charge is -2.30. The smallest absolute Gasteiger partial charge is 0.260 e. The van der Waals surface area contributed by atoms with Crippen LogP contribution in [0.15, 0.2) is 72.8 Å². The quantitative estimate of drug-likeness (QED) is 0.626. The van der Waals surface area contributed by atoms with Crippen LogP contribution < -0.4 is 4.90 Å². The summed E-state index contributed by atoms with van der Waals surface area (Å²) in [6.07, 6.45) is 0. The predicted molar refractivity (Wildman–Crippen MR) is 120 cm³/mol. The Morgan fingerprint density at radius 2 is 1.63 bits per heavy atom. The zero-order chi connectivity index (χ0) is 20.8. The van der Waals surface area contributed by atoms with Gasteiger partial charge in [-0.05, 0) is 31.2 Å². The first-order chi connectivity index (χ1) is 14.7. The summed E-state index contributed by atoms with van der Waals surface area (Å²) in [5.74, 6) is -0.0147. The minimum absolute atomic E-state index is 0.0147. The standard InChI is InChI=1S/C25H27N3O2/c1-20-23(12-13-24(26-20)21-8-4-2-5-9-21)25(29)28(22-10-6-3-7-11-22)15-14-27-16-18-30-19-17-27/h2-13H,14-19H2,1H3. The fourth-order valence-electron chi connectivity index (χ4n) is 3.72. The number of aryl methyl sites for hydroxylation is 1. The van der Waals surface area contributed by atoms with Gasteiger partial charge in [0.15, 0.2) is 0 Å². The summed E-state index contributed by atoms with van der Waals surface area (Å²) < 4.78 is 5.44. The summed E-state index contributed by atoms with van der Waals surface area (Å²) in [5, 5.41) is 0. The lowest BCUT2D eigenvalue weighted by molar-refractivity contribution is 0.0391. The van der Waals surface area contributed by atoms with Crippen LogP contribution >= 0.6 is 0 Å². The van der Waals surface area contributed by atoms with Gasteiger partial charge in [0.05, 0.1) is 30.2 Å². The van der Waals surface area contributed by atoms with E-state index in [9.17, 15) is 4.79 Å². The molecule has 0 spiro atoms. The number of aromatic nitrogens is 1. The normalized spacial score (nSPS) is 14.4. The molecule has 0 atom stereocenters. The number of anilines is 1. The van der Waals surface area contributed by atoms with Crippen LogP contribution in [0.1, 0.15) is 16.1 Å². The number of rotatable bonds is 6. The number of amides is 1. The third-order valence-electron chi connectivity index (χ3n) is 5.44. The molecule has 1 aliphatic rings. The molecular formula is C25H27N3O2. The molecule has 1 fully saturated rings. The van der Waals surface area contributed by atoms with Crippen LogP contribution in [0.25, 0.3) is 11.3 Å². The molecule has 2 heterocycles. The maximum atomic E-state index is 13.5. The molecule has 3 aromatic rings. The second-order valence-electron chi connectivity index (χ2n) is 7.44. The molecule has 0 unspecified atom stereocenters. The summed E-state index contributed by atoms with van der Waals surface area (Å²) in [4.78, 5) is 22.5. The Morgan fingerprint density at radius 1 is 0.967 bits per heavy atom. The van der Waals surface area contributed by atoms with Gasteiger partial charge in [0.2, 0.25) is 0 Å². The van der Waals surface area contributed by atoms with Crippen molar-refractivity contribution in [3.63, 3.8) is 0 Å². The van der Waals surface area contributed by atoms with Crippen LogP contribution in [-0.4, -0.2) is 55.2 Å². The molecule has 1 aromatic heterocycles. The SMILES string of the molecule is Cc1nc(-c2ccccc2)ccc1C(=O)N(CCN1CCOCC1)c1ccccc1. The number of pyridine rings is 1. The van der Waals surface area contributed by atoms with Gasteiger partial charge in [-0.1, -0.05) is 48.5 Å². The van der Waals surface area contributed by atoms with E-state index in [1.165, 1.54) is 0 Å². The maximum Gasteiger partial charge on any atom is 0.260 e. The summed E-state index contributed by atoms with van der Waals surface area (Å²) in [7, 11) is 0. The summed E-state index contributed by atoms with van der Waals surface area (Å²) >= 11 is 0. The summed E-state index contributed by atoms with van der Waals surface area (Å²) in [5.41, 5.74) is 4.22. The number of morpholine rings is 1. The fraction of sp³-hybridized carbons (Fsp3) is 0.280. The van der Waals surface area contributed by atoms with Crippen LogP contribution in [-0.2, 0) is 4.74 Å². The van der Waals surface area contributed by atoms with Gasteiger partial charge in [-0.25, -0.2) is 0 Å². The van der Waals surface area contributed by atoms with Gasteiger partial charge in [-0.2, -0.15) is 0 Å². The van der Waals surface area contributed by atoms with Crippen molar-refractivity contribution < 1.29 is 9.53 Å². The van der Waals surface area contributed by atoms with Crippen molar-refractivity contribution >= 4 is 11.6 Å². The average molecular weight is 402 g/mol. The Bertz CT molecular complexity index is 970. The second-order valence-corrected chi connectivity index (χ2v) is 7.44. The van der Waals surface area contributed by atoms with Crippen LogP contribution in [0.5, 0.6) is 0 Å². The van der Waals surface area contributed by atoms with E-state index in [-0.39, 0.29) is 5.91 Å². The van der Waals surface area contributed by atoms with Crippen molar-refractivity contribution in [3.05, 3.63) is 84.1 Å². The van der Waals surface area contributed by atoms with E-state index in [2.05, 4.69) is 4.90 Å². The van der Waals surface area contributed by atoms with Crippen molar-refractivity contribution in [3.8, 4) is 11.3 Å². The molecule has 0 saturated carbocycles. The minimum Gasteiger partial charge on any atom is -0.379 e. The topological polar surface area (TPSA) is 45.7 Å². The third-order valence-corrected chi connectivity index (χ3v) is 5.44. The molecule has 30 heavy (non-hydrogen) atoms. The van der Waals surface area contributed by atoms with E-state index in [0.29, 0.717) is 12.1 Å². The fourth-order valence-corrected chi connectivity index (χ4v) is 3.72. The zero-order valence-corrected chi connectivity index (χ0v) is 17.3. The van der Waals surface area contributed by atoms with Gasteiger partial charge < -0.3 is 9.64 Å². The molecule has 0 radical (unpaired) electrons. The summed E-state index contributed by atoms with van der Waals surface area (Å²) in [6, 6.07) is 23.7. The number of carbonyl (C=O) groups is 1. The number of benzene rings is 2. The van der Waals surface area contributed by atoms with Crippen LogP contribution in [0.2, 0.25) is 0 Å². The molecule has 1 amide bonds. The molecule has 0 bridgehead atoms. The largest absolute Gasteiger partial charge is 0.379 e. The molecule has 4 rings (SSSR count). The van der Waals surface area contributed by atoms with Crippen molar-refractivity contribution in [2.24, 2.45) is 0 Å². The molecule has 0 N–H and O–H groups in total. The van der Waals surface area contributed by atoms with Gasteiger partial charge in [0, 0.05) is 37.4 Å². The number of ether oxygens (including phenoxy) is 1. The highest BCUT2D eigenvalue weighted by Gasteiger charge is 2.22. The van der Waals surface area contributed by atoms with Crippen molar-refractivity contribution in [1.29, 1.82) is 0 Å². The Morgan fingerprint density at radius 3 is 2.30 bits per heavy atom. The highest BCUT2D eigenvalue weighted by Crippen LogP contribution is 2.22. The molecule has 2 aromatic carbocycles. The second kappa shape index (κ2) is 9.65. The lowest BCUT2D eigenvalue weighted by atomic mass is 10.1. The van der Waals surface area contributed by atoms with Gasteiger partial charge in [-0.15, -0.1) is 0 Å². The van der Waals surface area contributed by atoms with E-state index in [4.69, 9.17) is 9.72 Å². The highest BCUT2D eigenvalue weighted by molar-refractivity contribution is 6.07. The number of carbonyl (C=O) groups excluding carboxylic acids is 1. The van der Waals surface area contributed by atoms with Gasteiger partial charge >= 0.3 is 0 Å². The third kappa shape index (κ3) is 4.75. The first-order valence-corrected chi connectivity index (χ1v) is 10.4. The lowest BCUT2D eigenvalue weighted by Crippen LogP contribution is -2.43. The number of hydrogen-bond acceptors (Lipinski definition) is 4. The van der Waals surface area contributed by atoms with E-state index in [0.717, 1.165) is 55.5 Å². The Kier molecular flexibility index (Phi) is 6.52. The number of hydrogen-bond donors (Lipinski definition) is 0. The predicted octanol–water partition coefficient (Wildman–Crippen LogP) is 4.04. The maximum absolute atomic E-state index is 13.5. The van der Waals surface area contributed by atoms with Crippen molar-refractivity contribution in [1.82, 2.24) is 9.88 Å². The minimum atomic E-state index is -0.0147. The summed E-state index contributed by atoms with van der Waals surface area (Å²) in [6.45, 7) is 6.67. The Hall–Kier alpha value is -3.02. The zero-order valence-electron chi connectivity index (χ0n) is 17.3. The number of nitrogens with zero attached hydrogens (tertiary/aromatic N) is 3. The molecule has 0 aliphatic carbocycles. The monoisotopic (exact) mass is 401 g/mol. The molecule has 1 saturated heterocycles. The van der Waals surface area contributed by atoms with Crippen LogP contribution in [0.3, 0.4) is 0 Å². The molecule has 5 nitrogen and oxygen atoms in total. The average Bonchev–Trinajstić information content (AvgIpc) is 2.81. The van der Waals surface area contributed by atoms with Gasteiger partial charge in [-0.3, -0.25) is 14.7 Å². The molecule has 154 valence electrons. The highest BCUT2D eigenvalue weighted by atomic mass is 16.5. The van der Waals surface area contributed by atoms with Gasteiger partial charge in [0.1, 0.15) is 0 Å².